The molecule has 2 aromatic carbocycles. The number of aliphatic hydroxyl groups excluding tert-OH is 1. The smallest absolute Gasteiger partial charge is 0.270 e. The third-order valence-electron chi connectivity index (χ3n) is 6.15. The Morgan fingerprint density at radius 3 is 2.54 bits per heavy atom. The van der Waals surface area contributed by atoms with Crippen molar-refractivity contribution in [3.63, 3.8) is 0 Å². The molecule has 0 aliphatic carbocycles. The summed E-state index contributed by atoms with van der Waals surface area (Å²) in [6, 6.07) is 8.87. The standard InChI is InChI=1S/C22H25FN6O6/c1-22(21(33-3)34-4)20(30)19(16-11-15(29(31)32)9-10-17(16)35-22)28(12-18-24-25-26-27(18)2)14-7-5-13(23)6-8-14/h5-11,19-21,30H,12H2,1-4H3/t19-,20+,22+/m1/s1. The number of fused-ring (bicyclic) bond motifs is 1. The van der Waals surface area contributed by atoms with Gasteiger partial charge in [-0.1, -0.05) is 0 Å². The van der Waals surface area contributed by atoms with Crippen LogP contribution in [0.2, 0.25) is 0 Å². The first-order valence-electron chi connectivity index (χ1n) is 10.6. The third kappa shape index (κ3) is 4.40. The lowest BCUT2D eigenvalue weighted by Crippen LogP contribution is -2.62. The molecule has 0 spiro atoms. The van der Waals surface area contributed by atoms with Crippen molar-refractivity contribution < 1.29 is 28.6 Å². The average molecular weight is 488 g/mol. The first kappa shape index (κ1) is 24.4. The molecular formula is C22H25FN6O6. The third-order valence-corrected chi connectivity index (χ3v) is 6.15. The Morgan fingerprint density at radius 1 is 1.29 bits per heavy atom. The van der Waals surface area contributed by atoms with E-state index >= 15 is 0 Å². The van der Waals surface area contributed by atoms with E-state index in [2.05, 4.69) is 15.5 Å². The number of nitro groups is 1. The second-order valence-corrected chi connectivity index (χ2v) is 8.28. The van der Waals surface area contributed by atoms with Crippen molar-refractivity contribution in [2.75, 3.05) is 19.1 Å². The zero-order valence-corrected chi connectivity index (χ0v) is 19.5. The van der Waals surface area contributed by atoms with E-state index in [1.165, 1.54) is 49.2 Å². The maximum atomic E-state index is 13.8. The molecule has 0 unspecified atom stereocenters. The number of halogens is 1. The number of benzene rings is 2. The lowest BCUT2D eigenvalue weighted by molar-refractivity contribution is -0.385. The fourth-order valence-electron chi connectivity index (χ4n) is 4.36. The van der Waals surface area contributed by atoms with E-state index < -0.39 is 34.8 Å². The molecule has 2 heterocycles. The fraction of sp³-hybridized carbons (Fsp3) is 0.409. The predicted molar refractivity (Wildman–Crippen MR) is 120 cm³/mol. The Morgan fingerprint density at radius 2 is 1.97 bits per heavy atom. The normalized spacial score (nSPS) is 21.5. The van der Waals surface area contributed by atoms with E-state index in [4.69, 9.17) is 14.2 Å². The van der Waals surface area contributed by atoms with Crippen molar-refractivity contribution in [1.29, 1.82) is 0 Å². The Labute approximate surface area is 200 Å². The van der Waals surface area contributed by atoms with Crippen molar-refractivity contribution >= 4 is 11.4 Å². The Hall–Kier alpha value is -3.68. The number of anilines is 1. The highest BCUT2D eigenvalue weighted by Crippen LogP contribution is 2.47. The molecule has 3 aromatic rings. The van der Waals surface area contributed by atoms with Gasteiger partial charge in [-0.05, 0) is 47.7 Å². The van der Waals surface area contributed by atoms with E-state index in [0.717, 1.165) is 0 Å². The molecule has 0 saturated heterocycles. The summed E-state index contributed by atoms with van der Waals surface area (Å²) in [6.07, 6.45) is -2.32. The number of hydrogen-bond donors (Lipinski definition) is 1. The maximum absolute atomic E-state index is 13.8. The molecule has 13 heteroatoms. The zero-order chi connectivity index (χ0) is 25.3. The van der Waals surface area contributed by atoms with Crippen LogP contribution in [0.4, 0.5) is 15.8 Å². The molecule has 1 aliphatic rings. The average Bonchev–Trinajstić information content (AvgIpc) is 3.24. The van der Waals surface area contributed by atoms with Crippen LogP contribution in [0, 0.1) is 15.9 Å². The van der Waals surface area contributed by atoms with Gasteiger partial charge in [-0.15, -0.1) is 5.10 Å². The molecule has 186 valence electrons. The number of aliphatic hydroxyl groups is 1. The number of aryl methyl sites for hydroxylation is 1. The van der Waals surface area contributed by atoms with Gasteiger partial charge >= 0.3 is 0 Å². The highest BCUT2D eigenvalue weighted by Gasteiger charge is 2.54. The number of tetrazole rings is 1. The maximum Gasteiger partial charge on any atom is 0.270 e. The van der Waals surface area contributed by atoms with Crippen LogP contribution in [-0.4, -0.2) is 62.5 Å². The minimum atomic E-state index is -1.42. The van der Waals surface area contributed by atoms with Gasteiger partial charge in [0.1, 0.15) is 17.7 Å². The Bertz CT molecular complexity index is 1200. The van der Waals surface area contributed by atoms with Crippen molar-refractivity contribution in [3.05, 3.63) is 69.8 Å². The van der Waals surface area contributed by atoms with Crippen LogP contribution < -0.4 is 9.64 Å². The molecule has 4 rings (SSSR count). The lowest BCUT2D eigenvalue weighted by Gasteiger charge is -2.49. The van der Waals surface area contributed by atoms with Gasteiger partial charge in [0.15, 0.2) is 17.7 Å². The largest absolute Gasteiger partial charge is 0.479 e. The van der Waals surface area contributed by atoms with Gasteiger partial charge in [0.25, 0.3) is 5.69 Å². The van der Waals surface area contributed by atoms with Gasteiger partial charge in [0.05, 0.1) is 17.5 Å². The summed E-state index contributed by atoms with van der Waals surface area (Å²) < 4.78 is 32.3. The molecular weight excluding hydrogens is 463 g/mol. The lowest BCUT2D eigenvalue weighted by atomic mass is 9.83. The molecule has 0 amide bonds. The summed E-state index contributed by atoms with van der Waals surface area (Å²) in [5, 5.41) is 34.9. The summed E-state index contributed by atoms with van der Waals surface area (Å²) in [5.74, 6) is 0.300. The number of nitro benzene ring substituents is 1. The van der Waals surface area contributed by atoms with E-state index in [0.29, 0.717) is 22.8 Å². The Kier molecular flexibility index (Phi) is 6.65. The van der Waals surface area contributed by atoms with Gasteiger partial charge in [-0.3, -0.25) is 10.1 Å². The van der Waals surface area contributed by atoms with Crippen LogP contribution in [0.1, 0.15) is 24.4 Å². The first-order chi connectivity index (χ1) is 16.7. The number of aromatic nitrogens is 4. The summed E-state index contributed by atoms with van der Waals surface area (Å²) >= 11 is 0. The SMILES string of the molecule is COC(OC)[C@@]1(C)Oc2ccc([N+](=O)[O-])cc2[C@@H](N(Cc2nnnn2C)c2ccc(F)cc2)[C@@H]1O. The van der Waals surface area contributed by atoms with Crippen molar-refractivity contribution in [2.24, 2.45) is 7.05 Å². The van der Waals surface area contributed by atoms with Crippen LogP contribution in [-0.2, 0) is 23.1 Å². The van der Waals surface area contributed by atoms with E-state index in [1.54, 1.807) is 31.0 Å². The molecule has 35 heavy (non-hydrogen) atoms. The Balaban J connectivity index is 1.93. The van der Waals surface area contributed by atoms with Gasteiger partial charge in [0.2, 0.25) is 0 Å². The molecule has 3 atom stereocenters. The molecule has 0 bridgehead atoms. The van der Waals surface area contributed by atoms with Crippen LogP contribution in [0.5, 0.6) is 5.75 Å². The highest BCUT2D eigenvalue weighted by molar-refractivity contribution is 5.55. The topological polar surface area (TPSA) is 138 Å². The van der Waals surface area contributed by atoms with Crippen LogP contribution in [0.25, 0.3) is 0 Å². The second-order valence-electron chi connectivity index (χ2n) is 8.28. The van der Waals surface area contributed by atoms with Crippen molar-refractivity contribution in [1.82, 2.24) is 20.2 Å². The number of methoxy groups -OCH3 is 2. The monoisotopic (exact) mass is 488 g/mol. The predicted octanol–water partition coefficient (Wildman–Crippen LogP) is 2.14. The summed E-state index contributed by atoms with van der Waals surface area (Å²) in [4.78, 5) is 12.8. The second kappa shape index (κ2) is 9.52. The molecule has 0 radical (unpaired) electrons. The first-order valence-corrected chi connectivity index (χ1v) is 10.6. The number of hydrogen-bond acceptors (Lipinski definition) is 10. The van der Waals surface area contributed by atoms with Gasteiger partial charge in [0, 0.05) is 44.7 Å². The van der Waals surface area contributed by atoms with Gasteiger partial charge in [-0.25, -0.2) is 9.07 Å². The molecule has 1 N–H and O–H groups in total. The minimum Gasteiger partial charge on any atom is -0.479 e. The fourth-order valence-corrected chi connectivity index (χ4v) is 4.36. The summed E-state index contributed by atoms with van der Waals surface area (Å²) in [6.45, 7) is 1.71. The van der Waals surface area contributed by atoms with Crippen LogP contribution >= 0.6 is 0 Å². The van der Waals surface area contributed by atoms with Gasteiger partial charge < -0.3 is 24.2 Å². The van der Waals surface area contributed by atoms with Crippen LogP contribution in [0.15, 0.2) is 42.5 Å². The molecule has 1 aromatic heterocycles. The number of ether oxygens (including phenoxy) is 3. The number of non-ortho nitro benzene ring substituents is 1. The quantitative estimate of drug-likeness (QED) is 0.285. The molecule has 0 saturated carbocycles. The van der Waals surface area contributed by atoms with Crippen LogP contribution in [0.3, 0.4) is 0 Å². The molecule has 12 nitrogen and oxygen atoms in total. The molecule has 0 fully saturated rings. The highest BCUT2D eigenvalue weighted by atomic mass is 19.1. The van der Waals surface area contributed by atoms with Crippen molar-refractivity contribution in [3.8, 4) is 5.75 Å². The number of rotatable bonds is 8. The zero-order valence-electron chi connectivity index (χ0n) is 19.5. The van der Waals surface area contributed by atoms with E-state index in [1.807, 2.05) is 0 Å². The molecule has 1 aliphatic heterocycles. The van der Waals surface area contributed by atoms with Gasteiger partial charge in [-0.2, -0.15) is 0 Å². The van der Waals surface area contributed by atoms with Crippen molar-refractivity contribution in [2.45, 2.75) is 37.5 Å². The van der Waals surface area contributed by atoms with E-state index in [-0.39, 0.29) is 12.2 Å². The van der Waals surface area contributed by atoms with E-state index in [9.17, 15) is 19.6 Å². The summed E-state index contributed by atoms with van der Waals surface area (Å²) in [5.41, 5.74) is -0.725. The summed E-state index contributed by atoms with van der Waals surface area (Å²) in [7, 11) is 4.49. The number of nitrogens with zero attached hydrogens (tertiary/aromatic N) is 6. The minimum absolute atomic E-state index is 0.0830.